The fourth-order valence-corrected chi connectivity index (χ4v) is 2.14. The van der Waals surface area contributed by atoms with Crippen LogP contribution in [0, 0.1) is 5.82 Å². The zero-order valence-electron chi connectivity index (χ0n) is 5.34. The average molecular weight is 232 g/mol. The summed E-state index contributed by atoms with van der Waals surface area (Å²) in [7, 11) is 0. The molecule has 0 bridgehead atoms. The minimum atomic E-state index is -0.203. The molecule has 1 nitrogen and oxygen atoms in total. The van der Waals surface area contributed by atoms with Gasteiger partial charge in [0.25, 0.3) is 0 Å². The van der Waals surface area contributed by atoms with Crippen LogP contribution in [0.15, 0.2) is 22.8 Å². The predicted molar refractivity (Wildman–Crippen MR) is 47.3 cm³/mol. The van der Waals surface area contributed by atoms with Crippen LogP contribution in [-0.4, -0.2) is 4.37 Å². The highest BCUT2D eigenvalue weighted by Gasteiger charge is 2.04. The maximum atomic E-state index is 12.9. The van der Waals surface area contributed by atoms with E-state index >= 15 is 0 Å². The number of fused-ring (bicyclic) bond motifs is 1. The highest BCUT2D eigenvalue weighted by Crippen LogP contribution is 2.28. The van der Waals surface area contributed by atoms with Crippen molar-refractivity contribution in [1.82, 2.24) is 4.37 Å². The minimum Gasteiger partial charge on any atom is -0.205 e. The molecule has 0 saturated carbocycles. The molecule has 0 fully saturated rings. The standard InChI is InChI=1S/C7H3BrFNS/c8-5-1-2-6(9)7-4(5)3-10-11-7/h1-3H. The molecule has 2 aromatic rings. The van der Waals surface area contributed by atoms with E-state index in [2.05, 4.69) is 20.3 Å². The van der Waals surface area contributed by atoms with Crippen LogP contribution in [0.2, 0.25) is 0 Å². The topological polar surface area (TPSA) is 12.9 Å². The number of rotatable bonds is 0. The van der Waals surface area contributed by atoms with Crippen molar-refractivity contribution in [2.45, 2.75) is 0 Å². The van der Waals surface area contributed by atoms with Gasteiger partial charge >= 0.3 is 0 Å². The zero-order valence-corrected chi connectivity index (χ0v) is 7.75. The van der Waals surface area contributed by atoms with Crippen LogP contribution < -0.4 is 0 Å². The van der Waals surface area contributed by atoms with Gasteiger partial charge in [-0.3, -0.25) is 0 Å². The Morgan fingerprint density at radius 2 is 2.27 bits per heavy atom. The summed E-state index contributed by atoms with van der Waals surface area (Å²) >= 11 is 4.48. The average Bonchev–Trinajstić information content (AvgIpc) is 2.45. The first-order valence-corrected chi connectivity index (χ1v) is 4.54. The third-order valence-electron chi connectivity index (χ3n) is 1.42. The van der Waals surface area contributed by atoms with Crippen molar-refractivity contribution < 1.29 is 4.39 Å². The third kappa shape index (κ3) is 1.06. The molecule has 11 heavy (non-hydrogen) atoms. The zero-order chi connectivity index (χ0) is 7.84. The maximum absolute atomic E-state index is 12.9. The lowest BCUT2D eigenvalue weighted by atomic mass is 10.3. The molecule has 56 valence electrons. The summed E-state index contributed by atoms with van der Waals surface area (Å²) in [6, 6.07) is 3.12. The van der Waals surface area contributed by atoms with Crippen LogP contribution in [0.4, 0.5) is 4.39 Å². The van der Waals surface area contributed by atoms with Crippen molar-refractivity contribution in [3.63, 3.8) is 0 Å². The van der Waals surface area contributed by atoms with Gasteiger partial charge in [-0.2, -0.15) is 4.37 Å². The first kappa shape index (κ1) is 7.18. The Morgan fingerprint density at radius 1 is 1.45 bits per heavy atom. The van der Waals surface area contributed by atoms with E-state index in [1.807, 2.05) is 0 Å². The molecular formula is C7H3BrFNS. The van der Waals surface area contributed by atoms with Crippen LogP contribution in [0.25, 0.3) is 10.1 Å². The first-order valence-electron chi connectivity index (χ1n) is 2.97. The molecule has 0 radical (unpaired) electrons. The van der Waals surface area contributed by atoms with E-state index < -0.39 is 0 Å². The van der Waals surface area contributed by atoms with Crippen LogP contribution in [-0.2, 0) is 0 Å². The van der Waals surface area contributed by atoms with Gasteiger partial charge in [-0.15, -0.1) is 0 Å². The number of hydrogen-bond acceptors (Lipinski definition) is 2. The number of hydrogen-bond donors (Lipinski definition) is 0. The molecule has 0 atom stereocenters. The lowest BCUT2D eigenvalue weighted by Gasteiger charge is -1.92. The molecule has 0 N–H and O–H groups in total. The highest BCUT2D eigenvalue weighted by atomic mass is 79.9. The van der Waals surface area contributed by atoms with E-state index in [0.29, 0.717) is 4.70 Å². The summed E-state index contributed by atoms with van der Waals surface area (Å²) in [5.74, 6) is -0.203. The monoisotopic (exact) mass is 231 g/mol. The van der Waals surface area contributed by atoms with Gasteiger partial charge in [0.05, 0.1) is 4.70 Å². The Balaban J connectivity index is 2.96. The summed E-state index contributed by atoms with van der Waals surface area (Å²) in [5.41, 5.74) is 0. The molecule has 2 rings (SSSR count). The second-order valence-corrected chi connectivity index (χ2v) is 3.75. The predicted octanol–water partition coefficient (Wildman–Crippen LogP) is 3.20. The summed E-state index contributed by atoms with van der Waals surface area (Å²) in [6.45, 7) is 0. The molecule has 1 aromatic heterocycles. The molecule has 4 heteroatoms. The molecule has 1 heterocycles. The smallest absolute Gasteiger partial charge is 0.142 e. The summed E-state index contributed by atoms with van der Waals surface area (Å²) < 4.78 is 18.3. The van der Waals surface area contributed by atoms with E-state index in [1.165, 1.54) is 17.6 Å². The maximum Gasteiger partial charge on any atom is 0.142 e. The van der Waals surface area contributed by atoms with Crippen molar-refractivity contribution >= 4 is 37.5 Å². The fraction of sp³-hybridized carbons (Fsp3) is 0. The summed E-state index contributed by atoms with van der Waals surface area (Å²) in [5, 5.41) is 0.843. The van der Waals surface area contributed by atoms with E-state index in [-0.39, 0.29) is 5.82 Å². The number of benzene rings is 1. The van der Waals surface area contributed by atoms with Crippen molar-refractivity contribution in [3.8, 4) is 0 Å². The van der Waals surface area contributed by atoms with Crippen LogP contribution in [0.3, 0.4) is 0 Å². The van der Waals surface area contributed by atoms with E-state index in [0.717, 1.165) is 9.86 Å². The van der Waals surface area contributed by atoms with Gasteiger partial charge < -0.3 is 0 Å². The molecular weight excluding hydrogens is 229 g/mol. The number of halogens is 2. The summed E-state index contributed by atoms with van der Waals surface area (Å²) in [4.78, 5) is 0. The Hall–Kier alpha value is -0.480. The highest BCUT2D eigenvalue weighted by molar-refractivity contribution is 9.10. The largest absolute Gasteiger partial charge is 0.205 e. The van der Waals surface area contributed by atoms with E-state index in [1.54, 1.807) is 12.3 Å². The van der Waals surface area contributed by atoms with Gasteiger partial charge in [-0.25, -0.2) is 4.39 Å². The van der Waals surface area contributed by atoms with Crippen molar-refractivity contribution in [1.29, 1.82) is 0 Å². The lowest BCUT2D eigenvalue weighted by molar-refractivity contribution is 0.641. The SMILES string of the molecule is Fc1ccc(Br)c2cnsc12. The van der Waals surface area contributed by atoms with Gasteiger partial charge in [0.1, 0.15) is 5.82 Å². The normalized spacial score (nSPS) is 10.7. The molecule has 0 unspecified atom stereocenters. The van der Waals surface area contributed by atoms with Crippen LogP contribution in [0.1, 0.15) is 0 Å². The van der Waals surface area contributed by atoms with Gasteiger partial charge in [0.2, 0.25) is 0 Å². The number of aromatic nitrogens is 1. The quantitative estimate of drug-likeness (QED) is 0.679. The Bertz CT molecular complexity index is 362. The van der Waals surface area contributed by atoms with E-state index in [4.69, 9.17) is 0 Å². The molecule has 1 aromatic carbocycles. The molecule has 0 aliphatic carbocycles. The first-order chi connectivity index (χ1) is 5.29. The Kier molecular flexibility index (Phi) is 1.65. The van der Waals surface area contributed by atoms with Crippen molar-refractivity contribution in [3.05, 3.63) is 28.6 Å². The van der Waals surface area contributed by atoms with Crippen molar-refractivity contribution in [2.24, 2.45) is 0 Å². The second kappa shape index (κ2) is 2.53. The van der Waals surface area contributed by atoms with Crippen molar-refractivity contribution in [2.75, 3.05) is 0 Å². The van der Waals surface area contributed by atoms with Crippen LogP contribution >= 0.6 is 27.5 Å². The molecule has 0 spiro atoms. The molecule has 0 saturated heterocycles. The summed E-state index contributed by atoms with van der Waals surface area (Å²) in [6.07, 6.45) is 1.66. The van der Waals surface area contributed by atoms with E-state index in [9.17, 15) is 4.39 Å². The van der Waals surface area contributed by atoms with Gasteiger partial charge in [-0.05, 0) is 23.7 Å². The third-order valence-corrected chi connectivity index (χ3v) is 2.92. The van der Waals surface area contributed by atoms with Gasteiger partial charge in [0.15, 0.2) is 0 Å². The minimum absolute atomic E-state index is 0.203. The Morgan fingerprint density at radius 3 is 3.00 bits per heavy atom. The van der Waals surface area contributed by atoms with Gasteiger partial charge in [-0.1, -0.05) is 15.9 Å². The van der Waals surface area contributed by atoms with Gasteiger partial charge in [0, 0.05) is 16.1 Å². The molecule has 0 amide bonds. The molecule has 0 aliphatic rings. The fourth-order valence-electron chi connectivity index (χ4n) is 0.894. The molecule has 0 aliphatic heterocycles. The second-order valence-electron chi connectivity index (χ2n) is 2.10. The van der Waals surface area contributed by atoms with Crippen LogP contribution in [0.5, 0.6) is 0 Å². The lowest BCUT2D eigenvalue weighted by Crippen LogP contribution is -1.72. The Labute approximate surface area is 75.1 Å². The number of nitrogens with zero attached hydrogens (tertiary/aromatic N) is 1.